The fourth-order valence-electron chi connectivity index (χ4n) is 2.39. The molecule has 1 aliphatic heterocycles. The highest BCUT2D eigenvalue weighted by atomic mass is 16.5. The van der Waals surface area contributed by atoms with E-state index in [-0.39, 0.29) is 5.92 Å². The van der Waals surface area contributed by atoms with E-state index in [1.54, 1.807) is 20.3 Å². The highest BCUT2D eigenvalue weighted by Gasteiger charge is 2.35. The summed E-state index contributed by atoms with van der Waals surface area (Å²) < 4.78 is 10.5. The predicted octanol–water partition coefficient (Wildman–Crippen LogP) is 1.09. The van der Waals surface area contributed by atoms with Crippen LogP contribution in [0.15, 0.2) is 18.2 Å². The third-order valence-electron chi connectivity index (χ3n) is 3.37. The second-order valence-corrected chi connectivity index (χ2v) is 4.32. The van der Waals surface area contributed by atoms with Gasteiger partial charge in [-0.05, 0) is 18.2 Å². The molecule has 18 heavy (non-hydrogen) atoms. The number of benzene rings is 1. The zero-order valence-corrected chi connectivity index (χ0v) is 10.5. The molecule has 0 bridgehead atoms. The molecule has 0 amide bonds. The van der Waals surface area contributed by atoms with Gasteiger partial charge in [0.25, 0.3) is 0 Å². The van der Waals surface area contributed by atoms with Crippen LogP contribution in [0.3, 0.4) is 0 Å². The van der Waals surface area contributed by atoms with Gasteiger partial charge in [0.1, 0.15) is 11.5 Å². The number of hydrogen-bond donors (Lipinski definition) is 2. The number of carbonyl (C=O) groups is 1. The van der Waals surface area contributed by atoms with Gasteiger partial charge in [-0.25, -0.2) is 0 Å². The minimum absolute atomic E-state index is 0.0902. The van der Waals surface area contributed by atoms with Gasteiger partial charge in [0.2, 0.25) is 0 Å². The summed E-state index contributed by atoms with van der Waals surface area (Å²) in [5.74, 6) is 0.117. The molecule has 0 saturated carbocycles. The van der Waals surface area contributed by atoms with Crippen LogP contribution in [-0.4, -0.2) is 38.4 Å². The van der Waals surface area contributed by atoms with Gasteiger partial charge in [-0.3, -0.25) is 4.79 Å². The first-order chi connectivity index (χ1) is 8.67. The van der Waals surface area contributed by atoms with Crippen molar-refractivity contribution in [2.75, 3.05) is 27.3 Å². The fraction of sp³-hybridized carbons (Fsp3) is 0.462. The quantitative estimate of drug-likeness (QED) is 0.838. The number of methoxy groups -OCH3 is 2. The number of ether oxygens (including phenoxy) is 2. The molecule has 2 rings (SSSR count). The lowest BCUT2D eigenvalue weighted by Gasteiger charge is -2.18. The van der Waals surface area contributed by atoms with E-state index in [0.717, 1.165) is 5.56 Å². The van der Waals surface area contributed by atoms with E-state index in [1.165, 1.54) is 0 Å². The Labute approximate surface area is 106 Å². The highest BCUT2D eigenvalue weighted by molar-refractivity contribution is 5.72. The van der Waals surface area contributed by atoms with Gasteiger partial charge in [0, 0.05) is 24.6 Å². The van der Waals surface area contributed by atoms with Crippen LogP contribution in [0.5, 0.6) is 11.5 Å². The molecule has 1 aliphatic rings. The summed E-state index contributed by atoms with van der Waals surface area (Å²) in [6.07, 6.45) is 0. The second kappa shape index (κ2) is 5.27. The van der Waals surface area contributed by atoms with Crippen molar-refractivity contribution >= 4 is 5.97 Å². The predicted molar refractivity (Wildman–Crippen MR) is 66.3 cm³/mol. The molecule has 0 radical (unpaired) electrons. The number of aliphatic carboxylic acids is 1. The van der Waals surface area contributed by atoms with E-state index in [2.05, 4.69) is 5.32 Å². The Morgan fingerprint density at radius 3 is 2.72 bits per heavy atom. The Bertz CT molecular complexity index is 447. The van der Waals surface area contributed by atoms with Crippen LogP contribution in [0.1, 0.15) is 11.5 Å². The Hall–Kier alpha value is -1.75. The van der Waals surface area contributed by atoms with Crippen molar-refractivity contribution in [3.63, 3.8) is 0 Å². The lowest BCUT2D eigenvalue weighted by Crippen LogP contribution is -2.21. The first-order valence-electron chi connectivity index (χ1n) is 5.82. The van der Waals surface area contributed by atoms with Crippen molar-refractivity contribution in [1.29, 1.82) is 0 Å². The van der Waals surface area contributed by atoms with Gasteiger partial charge in [-0.15, -0.1) is 0 Å². The van der Waals surface area contributed by atoms with Gasteiger partial charge in [-0.2, -0.15) is 0 Å². The Morgan fingerprint density at radius 2 is 2.11 bits per heavy atom. The van der Waals surface area contributed by atoms with Crippen LogP contribution in [0, 0.1) is 5.92 Å². The van der Waals surface area contributed by atoms with E-state index in [0.29, 0.717) is 24.6 Å². The SMILES string of the molecule is COc1ccc(OC)c(C2CNCC2C(=O)O)c1. The molecule has 1 saturated heterocycles. The zero-order chi connectivity index (χ0) is 13.1. The van der Waals surface area contributed by atoms with Crippen LogP contribution in [-0.2, 0) is 4.79 Å². The number of nitrogens with one attached hydrogen (secondary N) is 1. The zero-order valence-electron chi connectivity index (χ0n) is 10.5. The molecule has 2 unspecified atom stereocenters. The summed E-state index contributed by atoms with van der Waals surface area (Å²) >= 11 is 0. The largest absolute Gasteiger partial charge is 0.497 e. The molecule has 2 N–H and O–H groups in total. The Balaban J connectivity index is 2.38. The molecule has 2 atom stereocenters. The third kappa shape index (κ3) is 2.26. The second-order valence-electron chi connectivity index (χ2n) is 4.32. The van der Waals surface area contributed by atoms with Crippen molar-refractivity contribution in [2.24, 2.45) is 5.92 Å². The molecule has 5 nitrogen and oxygen atoms in total. The molecule has 0 aromatic heterocycles. The van der Waals surface area contributed by atoms with Crippen LogP contribution in [0.2, 0.25) is 0 Å². The van der Waals surface area contributed by atoms with Crippen molar-refractivity contribution in [3.05, 3.63) is 23.8 Å². The third-order valence-corrected chi connectivity index (χ3v) is 3.37. The minimum atomic E-state index is -0.783. The van der Waals surface area contributed by atoms with Crippen LogP contribution < -0.4 is 14.8 Å². The van der Waals surface area contributed by atoms with Gasteiger partial charge >= 0.3 is 5.97 Å². The fourth-order valence-corrected chi connectivity index (χ4v) is 2.39. The molecule has 1 aromatic rings. The Kier molecular flexibility index (Phi) is 3.72. The number of carboxylic acid groups (broad SMARTS) is 1. The molecular formula is C13H17NO4. The maximum absolute atomic E-state index is 11.2. The van der Waals surface area contributed by atoms with Crippen LogP contribution in [0.25, 0.3) is 0 Å². The number of rotatable bonds is 4. The average Bonchev–Trinajstić information content (AvgIpc) is 2.87. The van der Waals surface area contributed by atoms with Crippen molar-refractivity contribution in [1.82, 2.24) is 5.32 Å². The van der Waals surface area contributed by atoms with Crippen molar-refractivity contribution < 1.29 is 19.4 Å². The average molecular weight is 251 g/mol. The summed E-state index contributed by atoms with van der Waals surface area (Å²) in [5.41, 5.74) is 0.884. The number of hydrogen-bond acceptors (Lipinski definition) is 4. The summed E-state index contributed by atoms with van der Waals surface area (Å²) in [4.78, 5) is 11.2. The summed E-state index contributed by atoms with van der Waals surface area (Å²) in [7, 11) is 3.18. The minimum Gasteiger partial charge on any atom is -0.497 e. The highest BCUT2D eigenvalue weighted by Crippen LogP contribution is 2.36. The van der Waals surface area contributed by atoms with E-state index in [1.807, 2.05) is 12.1 Å². The monoisotopic (exact) mass is 251 g/mol. The Morgan fingerprint density at radius 1 is 1.33 bits per heavy atom. The van der Waals surface area contributed by atoms with Crippen LogP contribution >= 0.6 is 0 Å². The first-order valence-corrected chi connectivity index (χ1v) is 5.82. The summed E-state index contributed by atoms with van der Waals surface area (Å²) in [6.45, 7) is 1.13. The van der Waals surface area contributed by atoms with Gasteiger partial charge in [0.05, 0.1) is 20.1 Å². The molecule has 98 valence electrons. The lowest BCUT2D eigenvalue weighted by atomic mass is 9.88. The van der Waals surface area contributed by atoms with E-state index in [9.17, 15) is 9.90 Å². The lowest BCUT2D eigenvalue weighted by molar-refractivity contribution is -0.141. The van der Waals surface area contributed by atoms with E-state index in [4.69, 9.17) is 9.47 Å². The molecule has 1 fully saturated rings. The topological polar surface area (TPSA) is 67.8 Å². The molecular weight excluding hydrogens is 234 g/mol. The standard InChI is InChI=1S/C13H17NO4/c1-17-8-3-4-12(18-2)9(5-8)10-6-14-7-11(10)13(15)16/h3-5,10-11,14H,6-7H2,1-2H3,(H,15,16). The number of carboxylic acids is 1. The van der Waals surface area contributed by atoms with Gasteiger partial charge < -0.3 is 19.9 Å². The molecule has 5 heteroatoms. The molecule has 1 aromatic carbocycles. The molecule has 1 heterocycles. The summed E-state index contributed by atoms with van der Waals surface area (Å²) in [5, 5.41) is 12.3. The smallest absolute Gasteiger partial charge is 0.308 e. The van der Waals surface area contributed by atoms with E-state index >= 15 is 0 Å². The van der Waals surface area contributed by atoms with Gasteiger partial charge in [-0.1, -0.05) is 0 Å². The summed E-state index contributed by atoms with van der Waals surface area (Å²) in [6, 6.07) is 5.47. The maximum Gasteiger partial charge on any atom is 0.308 e. The molecule has 0 spiro atoms. The van der Waals surface area contributed by atoms with Gasteiger partial charge in [0.15, 0.2) is 0 Å². The van der Waals surface area contributed by atoms with Crippen LogP contribution in [0.4, 0.5) is 0 Å². The first kappa shape index (κ1) is 12.7. The van der Waals surface area contributed by atoms with E-state index < -0.39 is 11.9 Å². The van der Waals surface area contributed by atoms with Crippen molar-refractivity contribution in [2.45, 2.75) is 5.92 Å². The van der Waals surface area contributed by atoms with Crippen molar-refractivity contribution in [3.8, 4) is 11.5 Å². The maximum atomic E-state index is 11.2. The normalized spacial score (nSPS) is 22.8. The molecule has 0 aliphatic carbocycles.